The summed E-state index contributed by atoms with van der Waals surface area (Å²) < 4.78 is 0. The number of rotatable bonds is 8. The zero-order valence-corrected chi connectivity index (χ0v) is 19.4. The van der Waals surface area contributed by atoms with Gasteiger partial charge in [0.1, 0.15) is 0 Å². The Morgan fingerprint density at radius 1 is 0.879 bits per heavy atom. The van der Waals surface area contributed by atoms with Crippen LogP contribution in [0.15, 0.2) is 59.7 Å². The fourth-order valence-electron chi connectivity index (χ4n) is 4.14. The quantitative estimate of drug-likeness (QED) is 0.675. The maximum atomic E-state index is 12.5. The zero-order chi connectivity index (χ0) is 23.0. The van der Waals surface area contributed by atoms with Crippen molar-refractivity contribution in [1.82, 2.24) is 20.1 Å². The number of amides is 2. The van der Waals surface area contributed by atoms with E-state index >= 15 is 0 Å². The molecule has 1 fully saturated rings. The van der Waals surface area contributed by atoms with E-state index in [4.69, 9.17) is 0 Å². The number of piperazine rings is 1. The van der Waals surface area contributed by atoms with Crippen molar-refractivity contribution in [3.8, 4) is 0 Å². The van der Waals surface area contributed by atoms with Crippen LogP contribution < -0.4 is 5.32 Å². The summed E-state index contributed by atoms with van der Waals surface area (Å²) in [6, 6.07) is 18.3. The van der Waals surface area contributed by atoms with Gasteiger partial charge in [-0.2, -0.15) is 5.10 Å². The van der Waals surface area contributed by atoms with Gasteiger partial charge in [-0.25, -0.2) is 5.01 Å². The molecule has 0 aromatic heterocycles. The summed E-state index contributed by atoms with van der Waals surface area (Å²) in [6.45, 7) is 6.45. The van der Waals surface area contributed by atoms with Gasteiger partial charge in [0.25, 0.3) is 0 Å². The van der Waals surface area contributed by atoms with Crippen molar-refractivity contribution in [2.75, 3.05) is 39.8 Å². The zero-order valence-electron chi connectivity index (χ0n) is 19.4. The molecule has 0 bridgehead atoms. The molecule has 2 aromatic carbocycles. The molecule has 0 atom stereocenters. The van der Waals surface area contributed by atoms with E-state index in [9.17, 15) is 9.59 Å². The molecule has 0 radical (unpaired) electrons. The highest BCUT2D eigenvalue weighted by Gasteiger charge is 2.22. The molecule has 174 valence electrons. The SMILES string of the molecule is CN1CCN(Cc2ccc(CNC(=O)CCC(=O)N3CCC(c4ccccc4)=N3)cc2)CC1. The first-order valence-electron chi connectivity index (χ1n) is 11.8. The van der Waals surface area contributed by atoms with Crippen LogP contribution in [0.3, 0.4) is 0 Å². The Morgan fingerprint density at radius 3 is 2.30 bits per heavy atom. The molecule has 1 N–H and O–H groups in total. The lowest BCUT2D eigenvalue weighted by molar-refractivity contribution is -0.133. The maximum absolute atomic E-state index is 12.5. The lowest BCUT2D eigenvalue weighted by Gasteiger charge is -2.32. The van der Waals surface area contributed by atoms with Crippen LogP contribution in [0, 0.1) is 0 Å². The van der Waals surface area contributed by atoms with Gasteiger partial charge in [-0.3, -0.25) is 14.5 Å². The van der Waals surface area contributed by atoms with Crippen molar-refractivity contribution >= 4 is 17.5 Å². The largest absolute Gasteiger partial charge is 0.352 e. The van der Waals surface area contributed by atoms with Crippen molar-refractivity contribution in [2.24, 2.45) is 5.10 Å². The Kier molecular flexibility index (Phi) is 7.86. The lowest BCUT2D eigenvalue weighted by atomic mass is 10.1. The average molecular weight is 448 g/mol. The Balaban J connectivity index is 1.17. The third kappa shape index (κ3) is 6.73. The minimum Gasteiger partial charge on any atom is -0.352 e. The molecule has 2 aliphatic heterocycles. The number of nitrogens with zero attached hydrogens (tertiary/aromatic N) is 4. The highest BCUT2D eigenvalue weighted by atomic mass is 16.2. The van der Waals surface area contributed by atoms with E-state index in [1.165, 1.54) is 10.6 Å². The molecule has 4 rings (SSSR count). The second-order valence-electron chi connectivity index (χ2n) is 8.85. The Labute approximate surface area is 196 Å². The first-order chi connectivity index (χ1) is 16.1. The van der Waals surface area contributed by atoms with E-state index in [2.05, 4.69) is 51.5 Å². The van der Waals surface area contributed by atoms with E-state index in [0.29, 0.717) is 13.1 Å². The van der Waals surface area contributed by atoms with Crippen LogP contribution in [-0.4, -0.2) is 72.1 Å². The summed E-state index contributed by atoms with van der Waals surface area (Å²) >= 11 is 0. The molecule has 0 saturated carbocycles. The molecule has 2 heterocycles. The number of benzene rings is 2. The minimum absolute atomic E-state index is 0.107. The molecular weight excluding hydrogens is 414 g/mol. The maximum Gasteiger partial charge on any atom is 0.243 e. The normalized spacial score (nSPS) is 17.1. The van der Waals surface area contributed by atoms with Crippen LogP contribution in [0.25, 0.3) is 0 Å². The van der Waals surface area contributed by atoms with Crippen molar-refractivity contribution in [1.29, 1.82) is 0 Å². The van der Waals surface area contributed by atoms with E-state index in [-0.39, 0.29) is 24.7 Å². The summed E-state index contributed by atoms with van der Waals surface area (Å²) in [5.74, 6) is -0.222. The van der Waals surface area contributed by atoms with Gasteiger partial charge in [0, 0.05) is 58.5 Å². The van der Waals surface area contributed by atoms with Crippen LogP contribution in [0.4, 0.5) is 0 Å². The van der Waals surface area contributed by atoms with Gasteiger partial charge < -0.3 is 10.2 Å². The second-order valence-corrected chi connectivity index (χ2v) is 8.85. The van der Waals surface area contributed by atoms with Gasteiger partial charge in [-0.15, -0.1) is 0 Å². The molecule has 33 heavy (non-hydrogen) atoms. The summed E-state index contributed by atoms with van der Waals surface area (Å²) in [7, 11) is 2.17. The van der Waals surface area contributed by atoms with Crippen LogP contribution in [-0.2, 0) is 22.7 Å². The smallest absolute Gasteiger partial charge is 0.243 e. The highest BCUT2D eigenvalue weighted by Crippen LogP contribution is 2.15. The summed E-state index contributed by atoms with van der Waals surface area (Å²) in [4.78, 5) is 29.5. The summed E-state index contributed by atoms with van der Waals surface area (Å²) in [5.41, 5.74) is 4.32. The molecule has 0 aliphatic carbocycles. The van der Waals surface area contributed by atoms with E-state index < -0.39 is 0 Å². The van der Waals surface area contributed by atoms with E-state index in [1.54, 1.807) is 0 Å². The molecule has 1 saturated heterocycles. The first kappa shape index (κ1) is 23.1. The fraction of sp³-hybridized carbons (Fsp3) is 0.423. The first-order valence-corrected chi connectivity index (χ1v) is 11.8. The number of hydrogen-bond acceptors (Lipinski definition) is 5. The average Bonchev–Trinajstić information content (AvgIpc) is 3.35. The molecule has 7 nitrogen and oxygen atoms in total. The fourth-order valence-corrected chi connectivity index (χ4v) is 4.14. The van der Waals surface area contributed by atoms with Gasteiger partial charge in [-0.05, 0) is 23.7 Å². The number of hydrazone groups is 1. The Hall–Kier alpha value is -3.03. The third-order valence-electron chi connectivity index (χ3n) is 6.28. The van der Waals surface area contributed by atoms with Crippen LogP contribution in [0.1, 0.15) is 36.0 Å². The highest BCUT2D eigenvalue weighted by molar-refractivity contribution is 6.02. The number of carbonyl (C=O) groups is 2. The van der Waals surface area contributed by atoms with Crippen LogP contribution >= 0.6 is 0 Å². The standard InChI is InChI=1S/C26H33N5O2/c1-29-15-17-30(18-16-29)20-22-9-7-21(8-10-22)19-27-25(32)11-12-26(33)31-14-13-24(28-31)23-5-3-2-4-6-23/h2-10H,11-20H2,1H3,(H,27,32). The van der Waals surface area contributed by atoms with Crippen molar-refractivity contribution in [3.63, 3.8) is 0 Å². The molecular formula is C26H33N5O2. The van der Waals surface area contributed by atoms with Crippen molar-refractivity contribution in [2.45, 2.75) is 32.4 Å². The molecule has 2 aromatic rings. The number of nitrogens with one attached hydrogen (secondary N) is 1. The van der Waals surface area contributed by atoms with Crippen LogP contribution in [0.5, 0.6) is 0 Å². The second kappa shape index (κ2) is 11.2. The molecule has 0 spiro atoms. The van der Waals surface area contributed by atoms with Gasteiger partial charge in [-0.1, -0.05) is 54.6 Å². The Morgan fingerprint density at radius 2 is 1.58 bits per heavy atom. The lowest BCUT2D eigenvalue weighted by Crippen LogP contribution is -2.43. The predicted octanol–water partition coefficient (Wildman–Crippen LogP) is 2.47. The van der Waals surface area contributed by atoms with Crippen LogP contribution in [0.2, 0.25) is 0 Å². The molecule has 7 heteroatoms. The van der Waals surface area contributed by atoms with Gasteiger partial charge >= 0.3 is 0 Å². The van der Waals surface area contributed by atoms with Gasteiger partial charge in [0.2, 0.25) is 11.8 Å². The van der Waals surface area contributed by atoms with Gasteiger partial charge in [0.15, 0.2) is 0 Å². The third-order valence-corrected chi connectivity index (χ3v) is 6.28. The van der Waals surface area contributed by atoms with E-state index in [0.717, 1.165) is 56.0 Å². The van der Waals surface area contributed by atoms with E-state index in [1.807, 2.05) is 30.3 Å². The topological polar surface area (TPSA) is 68.2 Å². The van der Waals surface area contributed by atoms with Crippen molar-refractivity contribution in [3.05, 3.63) is 71.3 Å². The number of carbonyl (C=O) groups excluding carboxylic acids is 2. The minimum atomic E-state index is -0.115. The molecule has 2 aliphatic rings. The number of hydrogen-bond donors (Lipinski definition) is 1. The summed E-state index contributed by atoms with van der Waals surface area (Å²) in [6.07, 6.45) is 1.08. The monoisotopic (exact) mass is 447 g/mol. The number of likely N-dealkylation sites (N-methyl/N-ethyl adjacent to an activating group) is 1. The predicted molar refractivity (Wildman–Crippen MR) is 130 cm³/mol. The molecule has 0 unspecified atom stereocenters. The Bertz CT molecular complexity index is 966. The van der Waals surface area contributed by atoms with Crippen molar-refractivity contribution < 1.29 is 9.59 Å². The molecule has 2 amide bonds. The summed E-state index contributed by atoms with van der Waals surface area (Å²) in [5, 5.41) is 8.86. The van der Waals surface area contributed by atoms with Gasteiger partial charge in [0.05, 0.1) is 12.3 Å².